The van der Waals surface area contributed by atoms with E-state index >= 15 is 0 Å². The van der Waals surface area contributed by atoms with E-state index in [-0.39, 0.29) is 10.8 Å². The summed E-state index contributed by atoms with van der Waals surface area (Å²) in [5.74, 6) is -0.919. The van der Waals surface area contributed by atoms with Crippen LogP contribution in [0.15, 0.2) is 54.6 Å². The van der Waals surface area contributed by atoms with Crippen molar-refractivity contribution in [1.29, 1.82) is 0 Å². The van der Waals surface area contributed by atoms with Gasteiger partial charge in [-0.15, -0.1) is 0 Å². The summed E-state index contributed by atoms with van der Waals surface area (Å²) in [5.41, 5.74) is 3.88. The van der Waals surface area contributed by atoms with Gasteiger partial charge >= 0.3 is 5.91 Å². The second kappa shape index (κ2) is 9.21. The summed E-state index contributed by atoms with van der Waals surface area (Å²) in [7, 11) is 4.30. The highest BCUT2D eigenvalue weighted by Crippen LogP contribution is 2.41. The fraction of sp³-hybridized carbons (Fsp3) is 0.556. The molecule has 30 heavy (non-hydrogen) atoms. The fourth-order valence-electron chi connectivity index (χ4n) is 4.78. The largest absolute Gasteiger partial charge is 0.352 e. The van der Waals surface area contributed by atoms with E-state index in [0.29, 0.717) is 17.7 Å². The molecule has 0 aliphatic carbocycles. The van der Waals surface area contributed by atoms with Crippen molar-refractivity contribution in [3.63, 3.8) is 0 Å². The molecule has 0 amide bonds. The van der Waals surface area contributed by atoms with Crippen molar-refractivity contribution in [1.82, 2.24) is 4.48 Å². The number of quaternary nitrogens is 1. The SMILES string of the molecule is CCOC(OCC)(c1ccc(C(C)(C)CC(C)(C)C)cc1)[N+](C)(C)c1ccccc1. The minimum Gasteiger partial charge on any atom is -0.299 e. The van der Waals surface area contributed by atoms with E-state index in [1.807, 2.05) is 19.9 Å². The van der Waals surface area contributed by atoms with Gasteiger partial charge in [-0.1, -0.05) is 65.0 Å². The lowest BCUT2D eigenvalue weighted by Gasteiger charge is -2.46. The Kier molecular flexibility index (Phi) is 7.55. The number of para-hydroxylation sites is 1. The first-order valence-electron chi connectivity index (χ1n) is 11.2. The summed E-state index contributed by atoms with van der Waals surface area (Å²) in [5, 5.41) is 0. The lowest BCUT2D eigenvalue weighted by molar-refractivity contribution is -0.310. The zero-order chi connectivity index (χ0) is 22.6. The minimum absolute atomic E-state index is 0.0977. The molecule has 2 aromatic carbocycles. The molecule has 0 atom stereocenters. The monoisotopic (exact) mass is 412 g/mol. The molecule has 0 aromatic heterocycles. The smallest absolute Gasteiger partial charge is 0.299 e. The van der Waals surface area contributed by atoms with Crippen LogP contribution in [0.25, 0.3) is 0 Å². The summed E-state index contributed by atoms with van der Waals surface area (Å²) < 4.78 is 13.3. The lowest BCUT2D eigenvalue weighted by Crippen LogP contribution is -2.61. The zero-order valence-electron chi connectivity index (χ0n) is 20.6. The Balaban J connectivity index is 2.55. The van der Waals surface area contributed by atoms with Gasteiger partial charge in [0.25, 0.3) is 0 Å². The first kappa shape index (κ1) is 24.6. The van der Waals surface area contributed by atoms with Gasteiger partial charge in [0, 0.05) is 0 Å². The highest BCUT2D eigenvalue weighted by molar-refractivity contribution is 5.45. The molecule has 0 bridgehead atoms. The molecule has 0 saturated carbocycles. The van der Waals surface area contributed by atoms with E-state index in [1.54, 1.807) is 0 Å². The van der Waals surface area contributed by atoms with Crippen molar-refractivity contribution in [3.05, 3.63) is 65.7 Å². The van der Waals surface area contributed by atoms with Crippen LogP contribution >= 0.6 is 0 Å². The van der Waals surface area contributed by atoms with E-state index in [0.717, 1.165) is 17.7 Å². The predicted octanol–water partition coefficient (Wildman–Crippen LogP) is 6.85. The van der Waals surface area contributed by atoms with Crippen LogP contribution in [0.2, 0.25) is 0 Å². The molecule has 0 heterocycles. The molecular formula is C27H42NO2+. The molecule has 0 aliphatic heterocycles. The Labute approximate surface area is 184 Å². The topological polar surface area (TPSA) is 18.5 Å². The van der Waals surface area contributed by atoms with Gasteiger partial charge in [0.15, 0.2) is 0 Å². The third-order valence-corrected chi connectivity index (χ3v) is 5.82. The van der Waals surface area contributed by atoms with Gasteiger partial charge in [-0.2, -0.15) is 0 Å². The standard InChI is InChI=1S/C27H42NO2/c1-10-29-27(30-11-2,28(8,9)24-15-13-12-14-16-24)23-19-17-22(18-20-23)26(6,7)21-25(3,4)5/h12-20H,10-11,21H2,1-9H3/q+1. The van der Waals surface area contributed by atoms with Gasteiger partial charge in [0.1, 0.15) is 5.69 Å². The molecule has 0 fully saturated rings. The van der Waals surface area contributed by atoms with Gasteiger partial charge in [0.05, 0.1) is 32.9 Å². The van der Waals surface area contributed by atoms with Gasteiger partial charge in [-0.05, 0) is 60.9 Å². The van der Waals surface area contributed by atoms with Crippen molar-refractivity contribution in [2.75, 3.05) is 27.3 Å². The van der Waals surface area contributed by atoms with E-state index in [4.69, 9.17) is 9.47 Å². The Bertz CT molecular complexity index is 780. The molecule has 166 valence electrons. The van der Waals surface area contributed by atoms with Crippen molar-refractivity contribution >= 4 is 5.69 Å². The molecule has 0 radical (unpaired) electrons. The molecule has 3 heteroatoms. The summed E-state index contributed by atoms with van der Waals surface area (Å²) in [6.07, 6.45) is 1.12. The third kappa shape index (κ3) is 5.14. The number of benzene rings is 2. The molecule has 2 aromatic rings. The Morgan fingerprint density at radius 1 is 0.700 bits per heavy atom. The molecule has 0 unspecified atom stereocenters. The van der Waals surface area contributed by atoms with Crippen LogP contribution in [0.5, 0.6) is 0 Å². The lowest BCUT2D eigenvalue weighted by atomic mass is 9.72. The predicted molar refractivity (Wildman–Crippen MR) is 129 cm³/mol. The summed E-state index contributed by atoms with van der Waals surface area (Å²) in [4.78, 5) is 0. The number of hydrogen-bond donors (Lipinski definition) is 0. The molecule has 2 rings (SSSR count). The van der Waals surface area contributed by atoms with Gasteiger partial charge < -0.3 is 0 Å². The van der Waals surface area contributed by atoms with E-state index < -0.39 is 5.91 Å². The maximum Gasteiger partial charge on any atom is 0.352 e. The van der Waals surface area contributed by atoms with Crippen molar-refractivity contribution in [2.45, 2.75) is 66.2 Å². The van der Waals surface area contributed by atoms with Crippen LogP contribution in [-0.4, -0.2) is 27.3 Å². The Hall–Kier alpha value is -1.68. The summed E-state index contributed by atoms with van der Waals surface area (Å²) in [6, 6.07) is 19.3. The highest BCUT2D eigenvalue weighted by atomic mass is 16.7. The van der Waals surface area contributed by atoms with Crippen molar-refractivity contribution in [3.8, 4) is 0 Å². The van der Waals surface area contributed by atoms with Crippen LogP contribution in [0.4, 0.5) is 5.69 Å². The van der Waals surface area contributed by atoms with Crippen LogP contribution < -0.4 is 4.48 Å². The molecule has 0 aliphatic rings. The number of nitrogens with zero attached hydrogens (tertiary/aromatic N) is 1. The van der Waals surface area contributed by atoms with Gasteiger partial charge in [-0.25, -0.2) is 4.48 Å². The van der Waals surface area contributed by atoms with Crippen LogP contribution in [0, 0.1) is 5.41 Å². The third-order valence-electron chi connectivity index (χ3n) is 5.82. The second-order valence-electron chi connectivity index (χ2n) is 10.4. The normalized spacial score (nSPS) is 13.5. The maximum atomic E-state index is 6.43. The zero-order valence-corrected chi connectivity index (χ0v) is 20.6. The van der Waals surface area contributed by atoms with E-state index in [2.05, 4.69) is 97.2 Å². The quantitative estimate of drug-likeness (QED) is 0.331. The molecular weight excluding hydrogens is 370 g/mol. The van der Waals surface area contributed by atoms with Gasteiger partial charge in [-0.3, -0.25) is 9.47 Å². The first-order chi connectivity index (χ1) is 13.9. The van der Waals surface area contributed by atoms with Crippen LogP contribution in [0.1, 0.15) is 66.0 Å². The minimum atomic E-state index is -0.919. The average molecular weight is 413 g/mol. The van der Waals surface area contributed by atoms with E-state index in [1.165, 1.54) is 5.56 Å². The van der Waals surface area contributed by atoms with Crippen LogP contribution in [-0.2, 0) is 20.8 Å². The summed E-state index contributed by atoms with van der Waals surface area (Å²) >= 11 is 0. The highest BCUT2D eigenvalue weighted by Gasteiger charge is 2.51. The Morgan fingerprint density at radius 3 is 1.60 bits per heavy atom. The number of hydrogen-bond acceptors (Lipinski definition) is 2. The van der Waals surface area contributed by atoms with Crippen molar-refractivity contribution < 1.29 is 9.47 Å². The summed E-state index contributed by atoms with van der Waals surface area (Å²) in [6.45, 7) is 16.7. The molecule has 3 nitrogen and oxygen atoms in total. The van der Waals surface area contributed by atoms with Crippen molar-refractivity contribution in [2.24, 2.45) is 5.41 Å². The average Bonchev–Trinajstić information content (AvgIpc) is 2.66. The molecule has 0 saturated heterocycles. The number of ether oxygens (including phenoxy) is 2. The second-order valence-corrected chi connectivity index (χ2v) is 10.4. The fourth-order valence-corrected chi connectivity index (χ4v) is 4.78. The maximum absolute atomic E-state index is 6.43. The van der Waals surface area contributed by atoms with Gasteiger partial charge in [0.2, 0.25) is 0 Å². The molecule has 0 spiro atoms. The number of rotatable bonds is 9. The van der Waals surface area contributed by atoms with Crippen LogP contribution in [0.3, 0.4) is 0 Å². The Morgan fingerprint density at radius 2 is 1.17 bits per heavy atom. The van der Waals surface area contributed by atoms with E-state index in [9.17, 15) is 0 Å². The molecule has 0 N–H and O–H groups in total. The first-order valence-corrected chi connectivity index (χ1v) is 11.2.